The molecular formula is C14H23N3O5S. The summed E-state index contributed by atoms with van der Waals surface area (Å²) in [5.74, 6) is 0.958. The average Bonchev–Trinajstić information content (AvgIpc) is 3.03. The van der Waals surface area contributed by atoms with Crippen LogP contribution in [0, 0.1) is 0 Å². The van der Waals surface area contributed by atoms with E-state index in [0.29, 0.717) is 11.7 Å². The molecule has 0 radical (unpaired) electrons. The predicted molar refractivity (Wildman–Crippen MR) is 81.2 cm³/mol. The minimum absolute atomic E-state index is 0.0139. The fraction of sp³-hybridized carbons (Fsp3) is 0.857. The molecule has 23 heavy (non-hydrogen) atoms. The van der Waals surface area contributed by atoms with Gasteiger partial charge in [0.15, 0.2) is 11.4 Å². The van der Waals surface area contributed by atoms with Gasteiger partial charge >= 0.3 is 0 Å². The van der Waals surface area contributed by atoms with Crippen molar-refractivity contribution in [3.05, 3.63) is 11.7 Å². The van der Waals surface area contributed by atoms with Crippen LogP contribution in [0.15, 0.2) is 4.52 Å². The van der Waals surface area contributed by atoms with Crippen LogP contribution in [0.3, 0.4) is 0 Å². The molecule has 1 saturated carbocycles. The van der Waals surface area contributed by atoms with Crippen molar-refractivity contribution < 1.29 is 22.8 Å². The summed E-state index contributed by atoms with van der Waals surface area (Å²) in [7, 11) is -3.47. The molecule has 0 amide bonds. The fourth-order valence-electron chi connectivity index (χ4n) is 2.62. The fourth-order valence-corrected chi connectivity index (χ4v) is 3.97. The van der Waals surface area contributed by atoms with Gasteiger partial charge in [-0.2, -0.15) is 9.29 Å². The third kappa shape index (κ3) is 3.73. The summed E-state index contributed by atoms with van der Waals surface area (Å²) in [6.07, 6.45) is 2.31. The van der Waals surface area contributed by atoms with E-state index in [1.807, 2.05) is 13.8 Å². The summed E-state index contributed by atoms with van der Waals surface area (Å²) in [5.41, 5.74) is -1.40. The van der Waals surface area contributed by atoms with Gasteiger partial charge in [-0.25, -0.2) is 8.42 Å². The van der Waals surface area contributed by atoms with Crippen molar-refractivity contribution in [1.29, 1.82) is 0 Å². The first kappa shape index (κ1) is 16.8. The maximum atomic E-state index is 12.3. The minimum atomic E-state index is -3.47. The molecule has 1 aliphatic heterocycles. The van der Waals surface area contributed by atoms with Crippen LogP contribution in [-0.2, 0) is 20.4 Å². The van der Waals surface area contributed by atoms with Gasteiger partial charge in [-0.3, -0.25) is 0 Å². The van der Waals surface area contributed by atoms with Crippen LogP contribution in [-0.4, -0.2) is 59.5 Å². The number of hydrogen-bond donors (Lipinski definition) is 1. The summed E-state index contributed by atoms with van der Waals surface area (Å²) in [6.45, 7) is 4.04. The van der Waals surface area contributed by atoms with E-state index in [-0.39, 0.29) is 43.9 Å². The SMILES string of the molecule is CC(C)OCCS(=O)(=O)N1CC[C@](O)(c2nc(C3CC3)no2)C1. The van der Waals surface area contributed by atoms with E-state index in [1.54, 1.807) is 0 Å². The Hall–Kier alpha value is -1.03. The van der Waals surface area contributed by atoms with E-state index < -0.39 is 15.6 Å². The lowest BCUT2D eigenvalue weighted by atomic mass is 10.0. The first-order chi connectivity index (χ1) is 10.8. The van der Waals surface area contributed by atoms with Gasteiger partial charge in [-0.05, 0) is 26.7 Å². The Morgan fingerprint density at radius 1 is 1.48 bits per heavy atom. The van der Waals surface area contributed by atoms with Crippen molar-refractivity contribution in [2.24, 2.45) is 0 Å². The molecule has 1 aliphatic carbocycles. The number of β-amino-alcohol motifs (C(OH)–C–C–N with tert-alkyl or cyclic N) is 1. The molecule has 0 spiro atoms. The molecule has 1 N–H and O–H groups in total. The molecule has 2 fully saturated rings. The monoisotopic (exact) mass is 345 g/mol. The van der Waals surface area contributed by atoms with Crippen molar-refractivity contribution in [2.75, 3.05) is 25.4 Å². The van der Waals surface area contributed by atoms with E-state index in [4.69, 9.17) is 9.26 Å². The number of hydrogen-bond acceptors (Lipinski definition) is 7. The largest absolute Gasteiger partial charge is 0.379 e. The second kappa shape index (κ2) is 6.12. The highest BCUT2D eigenvalue weighted by Gasteiger charge is 2.46. The maximum absolute atomic E-state index is 12.3. The Morgan fingerprint density at radius 3 is 2.87 bits per heavy atom. The molecule has 2 aliphatic rings. The molecule has 0 aromatic carbocycles. The van der Waals surface area contributed by atoms with Crippen LogP contribution in [0.25, 0.3) is 0 Å². The molecule has 1 atom stereocenters. The lowest BCUT2D eigenvalue weighted by Gasteiger charge is -2.20. The molecule has 0 unspecified atom stereocenters. The Labute approximate surface area is 135 Å². The Kier molecular flexibility index (Phi) is 4.47. The lowest BCUT2D eigenvalue weighted by Crippen LogP contribution is -2.36. The highest BCUT2D eigenvalue weighted by molar-refractivity contribution is 7.89. The third-order valence-corrected chi connectivity index (χ3v) is 5.96. The van der Waals surface area contributed by atoms with Gasteiger partial charge in [0.05, 0.1) is 25.0 Å². The molecule has 3 rings (SSSR count). The van der Waals surface area contributed by atoms with Crippen LogP contribution in [0.5, 0.6) is 0 Å². The van der Waals surface area contributed by atoms with Crippen molar-refractivity contribution in [3.8, 4) is 0 Å². The third-order valence-electron chi connectivity index (χ3n) is 4.18. The summed E-state index contributed by atoms with van der Waals surface area (Å²) in [5, 5.41) is 14.6. The second-order valence-electron chi connectivity index (χ2n) is 6.58. The molecule has 9 heteroatoms. The molecule has 1 saturated heterocycles. The average molecular weight is 345 g/mol. The van der Waals surface area contributed by atoms with Gasteiger partial charge < -0.3 is 14.4 Å². The van der Waals surface area contributed by atoms with E-state index in [0.717, 1.165) is 12.8 Å². The summed E-state index contributed by atoms with van der Waals surface area (Å²) < 4.78 is 36.4. The van der Waals surface area contributed by atoms with Crippen LogP contribution in [0.2, 0.25) is 0 Å². The van der Waals surface area contributed by atoms with Gasteiger partial charge in [0.2, 0.25) is 10.0 Å². The van der Waals surface area contributed by atoms with E-state index >= 15 is 0 Å². The van der Waals surface area contributed by atoms with Crippen molar-refractivity contribution in [1.82, 2.24) is 14.4 Å². The molecular weight excluding hydrogens is 322 g/mol. The molecule has 0 bridgehead atoms. The zero-order chi connectivity index (χ0) is 16.7. The van der Waals surface area contributed by atoms with Gasteiger partial charge in [-0.15, -0.1) is 0 Å². The van der Waals surface area contributed by atoms with E-state index in [2.05, 4.69) is 10.1 Å². The zero-order valence-electron chi connectivity index (χ0n) is 13.4. The van der Waals surface area contributed by atoms with Crippen LogP contribution in [0.4, 0.5) is 0 Å². The second-order valence-corrected chi connectivity index (χ2v) is 8.67. The van der Waals surface area contributed by atoms with Gasteiger partial charge in [0.1, 0.15) is 0 Å². The maximum Gasteiger partial charge on any atom is 0.260 e. The zero-order valence-corrected chi connectivity index (χ0v) is 14.3. The number of nitrogens with zero attached hydrogens (tertiary/aromatic N) is 3. The first-order valence-electron chi connectivity index (χ1n) is 7.96. The molecule has 8 nitrogen and oxygen atoms in total. The minimum Gasteiger partial charge on any atom is -0.379 e. The van der Waals surface area contributed by atoms with Gasteiger partial charge in [0.25, 0.3) is 5.89 Å². The van der Waals surface area contributed by atoms with Crippen LogP contribution < -0.4 is 0 Å². The highest BCUT2D eigenvalue weighted by atomic mass is 32.2. The Balaban J connectivity index is 1.63. The molecule has 1 aromatic rings. The predicted octanol–water partition coefficient (Wildman–Crippen LogP) is 0.595. The highest BCUT2D eigenvalue weighted by Crippen LogP contribution is 2.40. The number of aromatic nitrogens is 2. The Morgan fingerprint density at radius 2 is 2.22 bits per heavy atom. The molecule has 130 valence electrons. The van der Waals surface area contributed by atoms with Crippen molar-refractivity contribution in [3.63, 3.8) is 0 Å². The topological polar surface area (TPSA) is 106 Å². The van der Waals surface area contributed by atoms with E-state index in [9.17, 15) is 13.5 Å². The summed E-state index contributed by atoms with van der Waals surface area (Å²) in [6, 6.07) is 0. The number of rotatable bonds is 7. The standard InChI is InChI=1S/C14H23N3O5S/c1-10(2)21-7-8-23(19,20)17-6-5-14(18,9-17)13-15-12(16-22-13)11-3-4-11/h10-11,18H,3-9H2,1-2H3/t14-/m1/s1. The van der Waals surface area contributed by atoms with Gasteiger partial charge in [0, 0.05) is 18.9 Å². The smallest absolute Gasteiger partial charge is 0.260 e. The molecule has 2 heterocycles. The Bertz CT molecular complexity index is 655. The van der Waals surface area contributed by atoms with Crippen molar-refractivity contribution >= 4 is 10.0 Å². The summed E-state index contributed by atoms with van der Waals surface area (Å²) >= 11 is 0. The van der Waals surface area contributed by atoms with Crippen LogP contribution in [0.1, 0.15) is 50.7 Å². The van der Waals surface area contributed by atoms with Crippen LogP contribution >= 0.6 is 0 Å². The van der Waals surface area contributed by atoms with E-state index in [1.165, 1.54) is 4.31 Å². The summed E-state index contributed by atoms with van der Waals surface area (Å²) in [4.78, 5) is 4.25. The number of ether oxygens (including phenoxy) is 1. The number of sulfonamides is 1. The first-order valence-corrected chi connectivity index (χ1v) is 9.57. The normalized spacial score (nSPS) is 26.3. The quantitative estimate of drug-likeness (QED) is 0.771. The van der Waals surface area contributed by atoms with Gasteiger partial charge in [-0.1, -0.05) is 5.16 Å². The number of aliphatic hydroxyl groups is 1. The van der Waals surface area contributed by atoms with Crippen molar-refractivity contribution in [2.45, 2.75) is 50.7 Å². The molecule has 1 aromatic heterocycles. The lowest BCUT2D eigenvalue weighted by molar-refractivity contribution is 0.0193.